The molecule has 0 bridgehead atoms. The number of halogens is 1. The number of aryl methyl sites for hydroxylation is 1. The highest BCUT2D eigenvalue weighted by Gasteiger charge is 2.11. The molecule has 0 aliphatic heterocycles. The molecule has 0 saturated heterocycles. The summed E-state index contributed by atoms with van der Waals surface area (Å²) in [6.07, 6.45) is 1.42. The van der Waals surface area contributed by atoms with Crippen molar-refractivity contribution in [3.8, 4) is 11.4 Å². The average Bonchev–Trinajstić information content (AvgIpc) is 2.75. The van der Waals surface area contributed by atoms with Crippen LogP contribution in [0.5, 0.6) is 0 Å². The van der Waals surface area contributed by atoms with Crippen LogP contribution < -0.4 is 0 Å². The van der Waals surface area contributed by atoms with Gasteiger partial charge in [0.2, 0.25) is 11.7 Å². The van der Waals surface area contributed by atoms with Crippen LogP contribution in [0.4, 0.5) is 0 Å². The van der Waals surface area contributed by atoms with E-state index >= 15 is 0 Å². The van der Waals surface area contributed by atoms with Gasteiger partial charge in [-0.25, -0.2) is 8.42 Å². The van der Waals surface area contributed by atoms with Crippen molar-refractivity contribution in [1.82, 2.24) is 10.1 Å². The monoisotopic (exact) mass is 330 g/mol. The van der Waals surface area contributed by atoms with Gasteiger partial charge in [-0.15, -0.1) is 0 Å². The average molecular weight is 331 g/mol. The van der Waals surface area contributed by atoms with E-state index in [1.54, 1.807) is 0 Å². The van der Waals surface area contributed by atoms with E-state index in [2.05, 4.69) is 26.1 Å². The first-order valence-corrected chi connectivity index (χ1v) is 8.06. The molecule has 0 fully saturated rings. The molecular weight excluding hydrogens is 320 g/mol. The highest BCUT2D eigenvalue weighted by molar-refractivity contribution is 9.10. The van der Waals surface area contributed by atoms with Crippen LogP contribution in [-0.2, 0) is 16.3 Å². The maximum Gasteiger partial charge on any atom is 0.227 e. The fourth-order valence-electron chi connectivity index (χ4n) is 1.35. The molecule has 1 aromatic carbocycles. The zero-order chi connectivity index (χ0) is 13.2. The van der Waals surface area contributed by atoms with Crippen molar-refractivity contribution < 1.29 is 12.9 Å². The molecule has 0 amide bonds. The first-order valence-electron chi connectivity index (χ1n) is 5.20. The maximum absolute atomic E-state index is 11.0. The van der Waals surface area contributed by atoms with Crippen LogP contribution in [0.2, 0.25) is 0 Å². The van der Waals surface area contributed by atoms with Crippen LogP contribution in [0.25, 0.3) is 11.4 Å². The number of hydrogen-bond acceptors (Lipinski definition) is 5. The quantitative estimate of drug-likeness (QED) is 0.858. The van der Waals surface area contributed by atoms with Crippen molar-refractivity contribution in [2.24, 2.45) is 0 Å². The number of nitrogens with zero attached hydrogens (tertiary/aromatic N) is 2. The van der Waals surface area contributed by atoms with E-state index in [1.807, 2.05) is 24.3 Å². The minimum atomic E-state index is -3.02. The fraction of sp³-hybridized carbons (Fsp3) is 0.273. The molecular formula is C11H11BrN2O3S. The molecule has 0 spiro atoms. The third kappa shape index (κ3) is 3.64. The van der Waals surface area contributed by atoms with Crippen molar-refractivity contribution in [1.29, 1.82) is 0 Å². The second-order valence-corrected chi connectivity index (χ2v) is 7.07. The molecule has 5 nitrogen and oxygen atoms in total. The summed E-state index contributed by atoms with van der Waals surface area (Å²) in [7, 11) is -3.02. The summed E-state index contributed by atoms with van der Waals surface area (Å²) >= 11 is 3.34. The van der Waals surface area contributed by atoms with Gasteiger partial charge >= 0.3 is 0 Å². The number of benzene rings is 1. The number of hydrogen-bond donors (Lipinski definition) is 0. The van der Waals surface area contributed by atoms with Crippen LogP contribution in [0.3, 0.4) is 0 Å². The van der Waals surface area contributed by atoms with E-state index in [0.717, 1.165) is 10.0 Å². The molecule has 0 aliphatic rings. The Hall–Kier alpha value is -1.21. The highest BCUT2D eigenvalue weighted by atomic mass is 79.9. The first kappa shape index (κ1) is 13.2. The van der Waals surface area contributed by atoms with Crippen LogP contribution in [0, 0.1) is 0 Å². The Morgan fingerprint density at radius 2 is 1.94 bits per heavy atom. The Morgan fingerprint density at radius 3 is 2.56 bits per heavy atom. The van der Waals surface area contributed by atoms with Crippen LogP contribution >= 0.6 is 15.9 Å². The minimum absolute atomic E-state index is 0.00890. The van der Waals surface area contributed by atoms with Crippen LogP contribution in [-0.4, -0.2) is 30.6 Å². The van der Waals surface area contributed by atoms with Crippen molar-refractivity contribution in [2.75, 3.05) is 12.0 Å². The lowest BCUT2D eigenvalue weighted by molar-refractivity contribution is 0.383. The van der Waals surface area contributed by atoms with Crippen molar-refractivity contribution >= 4 is 25.8 Å². The summed E-state index contributed by atoms with van der Waals surface area (Å²) in [4.78, 5) is 4.16. The summed E-state index contributed by atoms with van der Waals surface area (Å²) in [5.74, 6) is 0.805. The minimum Gasteiger partial charge on any atom is -0.339 e. The van der Waals surface area contributed by atoms with Gasteiger partial charge in [-0.1, -0.05) is 21.1 Å². The van der Waals surface area contributed by atoms with Gasteiger partial charge in [-0.2, -0.15) is 4.98 Å². The zero-order valence-electron chi connectivity index (χ0n) is 9.63. The molecule has 18 heavy (non-hydrogen) atoms. The Morgan fingerprint density at radius 1 is 1.28 bits per heavy atom. The molecule has 7 heteroatoms. The van der Waals surface area contributed by atoms with E-state index in [0.29, 0.717) is 11.7 Å². The first-order chi connectivity index (χ1) is 8.44. The van der Waals surface area contributed by atoms with Gasteiger partial charge in [0.1, 0.15) is 9.84 Å². The van der Waals surface area contributed by atoms with E-state index in [9.17, 15) is 8.42 Å². The molecule has 0 atom stereocenters. The maximum atomic E-state index is 11.0. The standard InChI is InChI=1S/C11H11BrN2O3S/c1-18(15,16)7-6-10-13-11(14-17-10)8-2-4-9(12)5-3-8/h2-5H,6-7H2,1H3. The lowest BCUT2D eigenvalue weighted by Crippen LogP contribution is -2.05. The van der Waals surface area contributed by atoms with Gasteiger partial charge in [0.25, 0.3) is 0 Å². The predicted molar refractivity (Wildman–Crippen MR) is 70.8 cm³/mol. The molecule has 2 aromatic rings. The predicted octanol–water partition coefficient (Wildman–Crippen LogP) is 2.09. The van der Waals surface area contributed by atoms with E-state index in [-0.39, 0.29) is 12.2 Å². The summed E-state index contributed by atoms with van der Waals surface area (Å²) in [6, 6.07) is 7.47. The summed E-state index contributed by atoms with van der Waals surface area (Å²) in [5, 5.41) is 3.82. The van der Waals surface area contributed by atoms with Gasteiger partial charge in [0, 0.05) is 22.7 Å². The van der Waals surface area contributed by atoms with Gasteiger partial charge in [0.05, 0.1) is 5.75 Å². The van der Waals surface area contributed by atoms with Crippen molar-refractivity contribution in [3.63, 3.8) is 0 Å². The van der Waals surface area contributed by atoms with Gasteiger partial charge in [-0.3, -0.25) is 0 Å². The lowest BCUT2D eigenvalue weighted by Gasteiger charge is -1.94. The normalized spacial score (nSPS) is 11.7. The number of rotatable bonds is 4. The smallest absolute Gasteiger partial charge is 0.227 e. The van der Waals surface area contributed by atoms with Crippen molar-refractivity contribution in [2.45, 2.75) is 6.42 Å². The molecule has 0 unspecified atom stereocenters. The second-order valence-electron chi connectivity index (χ2n) is 3.90. The highest BCUT2D eigenvalue weighted by Crippen LogP contribution is 2.19. The molecule has 0 aliphatic carbocycles. The van der Waals surface area contributed by atoms with Crippen LogP contribution in [0.1, 0.15) is 5.89 Å². The molecule has 0 N–H and O–H groups in total. The van der Waals surface area contributed by atoms with Crippen molar-refractivity contribution in [3.05, 3.63) is 34.6 Å². The van der Waals surface area contributed by atoms with E-state index < -0.39 is 9.84 Å². The topological polar surface area (TPSA) is 73.1 Å². The summed E-state index contributed by atoms with van der Waals surface area (Å²) in [6.45, 7) is 0. The molecule has 0 saturated carbocycles. The molecule has 2 rings (SSSR count). The van der Waals surface area contributed by atoms with E-state index in [1.165, 1.54) is 6.26 Å². The molecule has 1 heterocycles. The SMILES string of the molecule is CS(=O)(=O)CCc1nc(-c2ccc(Br)cc2)no1. The fourth-order valence-corrected chi connectivity index (χ4v) is 2.16. The third-order valence-electron chi connectivity index (χ3n) is 2.26. The number of sulfone groups is 1. The number of aromatic nitrogens is 2. The van der Waals surface area contributed by atoms with Gasteiger partial charge in [-0.05, 0) is 24.3 Å². The second kappa shape index (κ2) is 5.19. The Labute approximate surface area is 113 Å². The van der Waals surface area contributed by atoms with Gasteiger partial charge < -0.3 is 4.52 Å². The Balaban J connectivity index is 2.13. The molecule has 96 valence electrons. The van der Waals surface area contributed by atoms with E-state index in [4.69, 9.17) is 4.52 Å². The van der Waals surface area contributed by atoms with Gasteiger partial charge in [0.15, 0.2) is 0 Å². The third-order valence-corrected chi connectivity index (χ3v) is 3.73. The Bertz CT molecular complexity index is 635. The van der Waals surface area contributed by atoms with Crippen LogP contribution in [0.15, 0.2) is 33.3 Å². The molecule has 0 radical (unpaired) electrons. The lowest BCUT2D eigenvalue weighted by atomic mass is 10.2. The largest absolute Gasteiger partial charge is 0.339 e. The Kier molecular flexibility index (Phi) is 3.82. The molecule has 1 aromatic heterocycles. The zero-order valence-corrected chi connectivity index (χ0v) is 12.0. The summed E-state index contributed by atoms with van der Waals surface area (Å²) < 4.78 is 28.0. The summed E-state index contributed by atoms with van der Waals surface area (Å²) in [5.41, 5.74) is 0.826.